The molecule has 0 spiro atoms. The molecule has 0 radical (unpaired) electrons. The van der Waals surface area contributed by atoms with Gasteiger partial charge in [-0.3, -0.25) is 9.69 Å². The van der Waals surface area contributed by atoms with Crippen molar-refractivity contribution in [2.45, 2.75) is 25.9 Å². The molecular weight excluding hydrogens is 352 g/mol. The highest BCUT2D eigenvalue weighted by Gasteiger charge is 2.49. The Bertz CT molecular complexity index is 982. The number of hydrogen-bond donors (Lipinski definition) is 1. The molecule has 3 amide bonds. The molecule has 0 unspecified atom stereocenters. The zero-order valence-electron chi connectivity index (χ0n) is 14.2. The van der Waals surface area contributed by atoms with Gasteiger partial charge in [0.25, 0.3) is 5.91 Å². The third kappa shape index (κ3) is 2.68. The summed E-state index contributed by atoms with van der Waals surface area (Å²) >= 11 is 1.47. The van der Waals surface area contributed by atoms with Crippen LogP contribution < -0.4 is 5.32 Å². The number of benzene rings is 1. The number of urea groups is 1. The number of hydrogen-bond acceptors (Lipinski definition) is 6. The largest absolute Gasteiger partial charge is 0.337 e. The summed E-state index contributed by atoms with van der Waals surface area (Å²) in [6.45, 7) is 3.60. The van der Waals surface area contributed by atoms with Crippen LogP contribution in [0.15, 0.2) is 45.6 Å². The van der Waals surface area contributed by atoms with Gasteiger partial charge >= 0.3 is 6.03 Å². The second kappa shape index (κ2) is 6.06. The van der Waals surface area contributed by atoms with E-state index in [4.69, 9.17) is 4.52 Å². The van der Waals surface area contributed by atoms with Gasteiger partial charge in [-0.1, -0.05) is 28.9 Å². The van der Waals surface area contributed by atoms with Gasteiger partial charge in [0, 0.05) is 5.56 Å². The van der Waals surface area contributed by atoms with Gasteiger partial charge in [-0.25, -0.2) is 4.79 Å². The Morgan fingerprint density at radius 1 is 1.31 bits per heavy atom. The van der Waals surface area contributed by atoms with E-state index in [0.717, 1.165) is 21.6 Å². The van der Waals surface area contributed by atoms with Crippen LogP contribution in [0.25, 0.3) is 11.4 Å². The minimum Gasteiger partial charge on any atom is -0.337 e. The molecule has 132 valence electrons. The fourth-order valence-electron chi connectivity index (χ4n) is 2.94. The van der Waals surface area contributed by atoms with Gasteiger partial charge in [0.2, 0.25) is 11.7 Å². The molecule has 7 nitrogen and oxygen atoms in total. The molecule has 4 rings (SSSR count). The molecule has 26 heavy (non-hydrogen) atoms. The smallest absolute Gasteiger partial charge is 0.325 e. The topological polar surface area (TPSA) is 88.3 Å². The number of carbonyl (C=O) groups excluding carboxylic acids is 2. The predicted octanol–water partition coefficient (Wildman–Crippen LogP) is 3.07. The van der Waals surface area contributed by atoms with Crippen LogP contribution in [-0.2, 0) is 16.9 Å². The summed E-state index contributed by atoms with van der Waals surface area (Å²) in [4.78, 5) is 30.6. The van der Waals surface area contributed by atoms with Crippen LogP contribution >= 0.6 is 11.3 Å². The standard InChI is InChI=1S/C18H16N4O3S/c1-11-4-3-5-12(8-11)15-19-14(25-21-15)9-22-16(23)18(2,20-17(22)24)13-6-7-26-10-13/h3-8,10H,9H2,1-2H3,(H,20,24)/t18-/m0/s1. The Morgan fingerprint density at radius 2 is 2.15 bits per heavy atom. The highest BCUT2D eigenvalue weighted by atomic mass is 32.1. The maximum absolute atomic E-state index is 12.8. The summed E-state index contributed by atoms with van der Waals surface area (Å²) in [6, 6.07) is 9.06. The zero-order valence-corrected chi connectivity index (χ0v) is 15.0. The van der Waals surface area contributed by atoms with Gasteiger partial charge in [0.1, 0.15) is 12.1 Å². The monoisotopic (exact) mass is 368 g/mol. The predicted molar refractivity (Wildman–Crippen MR) is 95.2 cm³/mol. The normalized spacial score (nSPS) is 19.8. The van der Waals surface area contributed by atoms with Crippen molar-refractivity contribution in [2.24, 2.45) is 0 Å². The highest BCUT2D eigenvalue weighted by molar-refractivity contribution is 7.08. The van der Waals surface area contributed by atoms with Crippen LogP contribution in [-0.4, -0.2) is 27.0 Å². The lowest BCUT2D eigenvalue weighted by atomic mass is 9.95. The third-order valence-corrected chi connectivity index (χ3v) is 5.09. The van der Waals surface area contributed by atoms with E-state index in [2.05, 4.69) is 15.5 Å². The first-order valence-electron chi connectivity index (χ1n) is 8.04. The second-order valence-electron chi connectivity index (χ2n) is 6.34. The van der Waals surface area contributed by atoms with Crippen molar-refractivity contribution in [1.29, 1.82) is 0 Å². The van der Waals surface area contributed by atoms with Crippen molar-refractivity contribution in [3.05, 3.63) is 58.1 Å². The molecule has 1 N–H and O–H groups in total. The minimum atomic E-state index is -1.07. The van der Waals surface area contributed by atoms with Gasteiger partial charge in [0.15, 0.2) is 0 Å². The number of aryl methyl sites for hydroxylation is 1. The van der Waals surface area contributed by atoms with Gasteiger partial charge in [0.05, 0.1) is 0 Å². The average Bonchev–Trinajstić information content (AvgIpc) is 3.34. The van der Waals surface area contributed by atoms with E-state index in [1.807, 2.05) is 48.0 Å². The van der Waals surface area contributed by atoms with Crippen LogP contribution in [0.1, 0.15) is 23.9 Å². The molecule has 1 aliphatic heterocycles. The van der Waals surface area contributed by atoms with Crippen LogP contribution in [0.5, 0.6) is 0 Å². The highest BCUT2D eigenvalue weighted by Crippen LogP contribution is 2.31. The Labute approximate surface area is 153 Å². The summed E-state index contributed by atoms with van der Waals surface area (Å²) in [6.07, 6.45) is 0. The van der Waals surface area contributed by atoms with Crippen LogP contribution in [0.3, 0.4) is 0 Å². The summed E-state index contributed by atoms with van der Waals surface area (Å²) in [7, 11) is 0. The summed E-state index contributed by atoms with van der Waals surface area (Å²) in [5.74, 6) is 0.298. The molecule has 1 aromatic carbocycles. The van der Waals surface area contributed by atoms with Gasteiger partial charge in [-0.15, -0.1) is 0 Å². The van der Waals surface area contributed by atoms with Crippen LogP contribution in [0, 0.1) is 6.92 Å². The zero-order chi connectivity index (χ0) is 18.3. The van der Waals surface area contributed by atoms with Gasteiger partial charge in [-0.05, 0) is 42.3 Å². The summed E-state index contributed by atoms with van der Waals surface area (Å²) in [5, 5.41) is 10.4. The maximum atomic E-state index is 12.8. The lowest BCUT2D eigenvalue weighted by Gasteiger charge is -2.20. The number of aromatic nitrogens is 2. The fraction of sp³-hybridized carbons (Fsp3) is 0.222. The number of carbonyl (C=O) groups is 2. The van der Waals surface area contributed by atoms with Gasteiger partial charge < -0.3 is 9.84 Å². The van der Waals surface area contributed by atoms with E-state index in [0.29, 0.717) is 5.82 Å². The van der Waals surface area contributed by atoms with E-state index in [9.17, 15) is 9.59 Å². The first-order valence-corrected chi connectivity index (χ1v) is 8.98. The molecule has 2 aromatic heterocycles. The van der Waals surface area contributed by atoms with E-state index in [-0.39, 0.29) is 18.3 Å². The number of amides is 3. The van der Waals surface area contributed by atoms with Crippen molar-refractivity contribution >= 4 is 23.3 Å². The Balaban J connectivity index is 1.56. The Kier molecular flexibility index (Phi) is 3.84. The van der Waals surface area contributed by atoms with Crippen molar-refractivity contribution in [1.82, 2.24) is 20.4 Å². The van der Waals surface area contributed by atoms with Gasteiger partial charge in [-0.2, -0.15) is 16.3 Å². The lowest BCUT2D eigenvalue weighted by Crippen LogP contribution is -2.40. The lowest BCUT2D eigenvalue weighted by molar-refractivity contribution is -0.131. The summed E-state index contributed by atoms with van der Waals surface area (Å²) in [5.41, 5.74) is 1.58. The number of nitrogens with zero attached hydrogens (tertiary/aromatic N) is 3. The molecule has 3 heterocycles. The number of imide groups is 1. The molecular formula is C18H16N4O3S. The SMILES string of the molecule is Cc1cccc(-c2noc(CN3C(=O)N[C@@](C)(c4ccsc4)C3=O)n2)c1. The van der Waals surface area contributed by atoms with Crippen molar-refractivity contribution < 1.29 is 14.1 Å². The van der Waals surface area contributed by atoms with E-state index in [1.54, 1.807) is 6.92 Å². The second-order valence-corrected chi connectivity index (χ2v) is 7.12. The molecule has 1 fully saturated rings. The average molecular weight is 368 g/mol. The van der Waals surface area contributed by atoms with Crippen molar-refractivity contribution in [2.75, 3.05) is 0 Å². The Morgan fingerprint density at radius 3 is 2.88 bits per heavy atom. The molecule has 1 atom stereocenters. The first-order chi connectivity index (χ1) is 12.5. The first kappa shape index (κ1) is 16.5. The number of thiophene rings is 1. The molecule has 0 saturated carbocycles. The van der Waals surface area contributed by atoms with Crippen LogP contribution in [0.2, 0.25) is 0 Å². The molecule has 1 saturated heterocycles. The number of nitrogens with one attached hydrogen (secondary N) is 1. The maximum Gasteiger partial charge on any atom is 0.325 e. The molecule has 0 aliphatic carbocycles. The van der Waals surface area contributed by atoms with E-state index in [1.165, 1.54) is 11.3 Å². The summed E-state index contributed by atoms with van der Waals surface area (Å²) < 4.78 is 5.24. The third-order valence-electron chi connectivity index (χ3n) is 4.41. The van der Waals surface area contributed by atoms with Crippen molar-refractivity contribution in [3.8, 4) is 11.4 Å². The van der Waals surface area contributed by atoms with Crippen molar-refractivity contribution in [3.63, 3.8) is 0 Å². The molecule has 3 aromatic rings. The molecule has 0 bridgehead atoms. The number of rotatable bonds is 4. The Hall–Kier alpha value is -3.00. The molecule has 1 aliphatic rings. The van der Waals surface area contributed by atoms with E-state index < -0.39 is 11.6 Å². The quantitative estimate of drug-likeness (QED) is 0.715. The van der Waals surface area contributed by atoms with Crippen LogP contribution in [0.4, 0.5) is 4.79 Å². The fourth-order valence-corrected chi connectivity index (χ4v) is 3.71. The minimum absolute atomic E-state index is 0.0663. The molecule has 8 heteroatoms. The van der Waals surface area contributed by atoms with E-state index >= 15 is 0 Å².